The molecule has 0 aliphatic rings. The van der Waals surface area contributed by atoms with Gasteiger partial charge in [-0.2, -0.15) is 0 Å². The Hall–Kier alpha value is 0.380. The van der Waals surface area contributed by atoms with Crippen molar-refractivity contribution >= 4 is 18.8 Å². The Bertz CT molecular complexity index is 54.4. The van der Waals surface area contributed by atoms with E-state index >= 15 is 0 Å². The molecule has 0 heterocycles. The van der Waals surface area contributed by atoms with Crippen molar-refractivity contribution in [3.63, 3.8) is 0 Å². The number of hydrogen-bond donors (Lipinski definition) is 1. The topological polar surface area (TPSA) is 34.1 Å². The molecule has 0 unspecified atom stereocenters. The lowest BCUT2D eigenvalue weighted by atomic mass is 15.9. The molecule has 4 heteroatoms. The maximum absolute atomic E-state index is 8.95. The van der Waals surface area contributed by atoms with E-state index in [1.165, 1.54) is 0 Å². The molecule has 0 aromatic rings. The minimum Gasteiger partial charge on any atom is -0.228 e. The quantitative estimate of drug-likeness (QED) is 0.331. The summed E-state index contributed by atoms with van der Waals surface area (Å²) in [6.07, 6.45) is 0. The van der Waals surface area contributed by atoms with Gasteiger partial charge in [-0.15, -0.1) is 0 Å². The minimum absolute atomic E-state index is 2.27. The van der Waals surface area contributed by atoms with Crippen LogP contribution in [0.2, 0.25) is 0 Å². The fraction of sp³-hybridized carbons (Fsp3) is 0. The van der Waals surface area contributed by atoms with Gasteiger partial charge >= 0.3 is 0 Å². The van der Waals surface area contributed by atoms with Crippen LogP contribution in [0.4, 0.5) is 0 Å². The van der Waals surface area contributed by atoms with Crippen LogP contribution in [0.15, 0.2) is 0 Å². The summed E-state index contributed by atoms with van der Waals surface area (Å²) in [4.78, 5) is 0. The van der Waals surface area contributed by atoms with E-state index in [1.54, 1.807) is 0 Å². The van der Waals surface area contributed by atoms with Crippen molar-refractivity contribution in [2.45, 2.75) is 0 Å². The standard InChI is InChI=1S/H2O2PS/c1-4(2)3/h3-4H. The second kappa shape index (κ2) is 1.68. The van der Waals surface area contributed by atoms with Crippen LogP contribution in [0.25, 0.3) is 0 Å². The summed E-state index contributed by atoms with van der Waals surface area (Å²) in [5.41, 5.74) is 0. The van der Waals surface area contributed by atoms with E-state index in [0.717, 1.165) is 0 Å². The third-order valence-corrected chi connectivity index (χ3v) is 0. The highest BCUT2D eigenvalue weighted by molar-refractivity contribution is 8.25. The molecule has 0 amide bonds. The Labute approximate surface area is 28.1 Å². The first-order valence-corrected chi connectivity index (χ1v) is 3.11. The van der Waals surface area contributed by atoms with Crippen molar-refractivity contribution in [1.82, 2.24) is 0 Å². The van der Waals surface area contributed by atoms with Gasteiger partial charge in [0.2, 0.25) is 0 Å². The van der Waals surface area contributed by atoms with Crippen LogP contribution in [0.5, 0.6) is 0 Å². The molecule has 0 saturated heterocycles. The number of rotatable bonds is 0. The molecule has 1 radical (unpaired) electrons. The predicted octanol–water partition coefficient (Wildman–Crippen LogP) is -0.344. The zero-order valence-corrected chi connectivity index (χ0v) is 3.66. The summed E-state index contributed by atoms with van der Waals surface area (Å²) in [5.74, 6) is 0. The Kier molecular flexibility index (Phi) is 1.84. The third-order valence-electron chi connectivity index (χ3n) is 0. The molecular formula is H2O2PS. The van der Waals surface area contributed by atoms with E-state index in [9.17, 15) is 0 Å². The highest BCUT2D eigenvalue weighted by Gasteiger charge is 1.46. The van der Waals surface area contributed by atoms with E-state index in [4.69, 9.17) is 8.42 Å². The van der Waals surface area contributed by atoms with Gasteiger partial charge in [-0.3, -0.25) is 0 Å². The van der Waals surface area contributed by atoms with Crippen LogP contribution >= 0.6 is 8.44 Å². The van der Waals surface area contributed by atoms with Gasteiger partial charge in [-0.1, -0.05) is 0 Å². The van der Waals surface area contributed by atoms with Crippen molar-refractivity contribution in [2.75, 3.05) is 0 Å². The van der Waals surface area contributed by atoms with E-state index in [-0.39, 0.29) is 0 Å². The molecular weight excluding hydrogens is 95.0 g/mol. The van der Waals surface area contributed by atoms with Gasteiger partial charge in [0.1, 0.15) is 0 Å². The largest absolute Gasteiger partial charge is 0.228 e. The van der Waals surface area contributed by atoms with E-state index < -0.39 is 10.3 Å². The summed E-state index contributed by atoms with van der Waals surface area (Å²) in [7, 11) is -0.0494. The van der Waals surface area contributed by atoms with Crippen molar-refractivity contribution in [3.8, 4) is 0 Å². The SMILES string of the molecule is O=[SH](=O)[PH]. The molecule has 0 aliphatic heterocycles. The number of thiol groups is 1. The van der Waals surface area contributed by atoms with Crippen LogP contribution in [-0.4, -0.2) is 8.42 Å². The second-order valence-electron chi connectivity index (χ2n) is 0.257. The summed E-state index contributed by atoms with van der Waals surface area (Å²) < 4.78 is 17.9. The van der Waals surface area contributed by atoms with E-state index in [1.807, 2.05) is 0 Å². The molecule has 0 aliphatic carbocycles. The van der Waals surface area contributed by atoms with Crippen LogP contribution < -0.4 is 0 Å². The fourth-order valence-electron chi connectivity index (χ4n) is 0. The van der Waals surface area contributed by atoms with E-state index in [0.29, 0.717) is 0 Å². The van der Waals surface area contributed by atoms with Crippen molar-refractivity contribution < 1.29 is 8.42 Å². The van der Waals surface area contributed by atoms with Gasteiger partial charge < -0.3 is 0 Å². The maximum atomic E-state index is 8.95. The van der Waals surface area contributed by atoms with Crippen molar-refractivity contribution in [2.24, 2.45) is 0 Å². The van der Waals surface area contributed by atoms with Crippen LogP contribution in [0.3, 0.4) is 0 Å². The van der Waals surface area contributed by atoms with Gasteiger partial charge in [0.15, 0.2) is 10.3 Å². The van der Waals surface area contributed by atoms with Gasteiger partial charge in [0, 0.05) is 8.44 Å². The number of hydrogen-bond acceptors (Lipinski definition) is 2. The molecule has 25 valence electrons. The molecule has 0 aromatic heterocycles. The van der Waals surface area contributed by atoms with Crippen LogP contribution in [0, 0.1) is 0 Å². The average Bonchev–Trinajstić information content (AvgIpc) is 0.811. The Morgan fingerprint density at radius 3 is 1.50 bits per heavy atom. The summed E-state index contributed by atoms with van der Waals surface area (Å²) in [6.45, 7) is 0. The summed E-state index contributed by atoms with van der Waals surface area (Å²) in [6, 6.07) is 0. The van der Waals surface area contributed by atoms with Crippen LogP contribution in [0.1, 0.15) is 0 Å². The van der Waals surface area contributed by atoms with Crippen LogP contribution in [-0.2, 0) is 10.3 Å². The Morgan fingerprint density at radius 2 is 1.50 bits per heavy atom. The molecule has 0 aromatic carbocycles. The lowest BCUT2D eigenvalue weighted by Gasteiger charge is -1.39. The normalized spacial score (nSPS) is 8.50. The maximum Gasteiger partial charge on any atom is 0.159 e. The Morgan fingerprint density at radius 1 is 1.50 bits per heavy atom. The highest BCUT2D eigenvalue weighted by atomic mass is 32.7. The minimum atomic E-state index is -2.31. The third kappa shape index (κ3) is 31.4. The van der Waals surface area contributed by atoms with Crippen molar-refractivity contribution in [1.29, 1.82) is 0 Å². The molecule has 0 fully saturated rings. The lowest BCUT2D eigenvalue weighted by molar-refractivity contribution is 0.626. The molecule has 0 saturated carbocycles. The Balaban J connectivity index is 3.51. The first-order chi connectivity index (χ1) is 1.73. The highest BCUT2D eigenvalue weighted by Crippen LogP contribution is 1.69. The molecule has 0 rings (SSSR count). The van der Waals surface area contributed by atoms with Gasteiger partial charge in [0.05, 0.1) is 0 Å². The van der Waals surface area contributed by atoms with Gasteiger partial charge in [-0.05, 0) is 0 Å². The molecule has 0 spiro atoms. The predicted molar refractivity (Wildman–Crippen MR) is 18.6 cm³/mol. The van der Waals surface area contributed by atoms with Gasteiger partial charge in [-0.25, -0.2) is 8.42 Å². The van der Waals surface area contributed by atoms with E-state index in [2.05, 4.69) is 8.44 Å². The molecule has 0 atom stereocenters. The lowest BCUT2D eigenvalue weighted by Crippen LogP contribution is -1.39. The molecule has 0 N–H and O–H groups in total. The zero-order valence-electron chi connectivity index (χ0n) is 1.76. The molecule has 2 nitrogen and oxygen atoms in total. The monoisotopic (exact) mass is 97.0 g/mol. The van der Waals surface area contributed by atoms with Crippen molar-refractivity contribution in [3.05, 3.63) is 0 Å². The smallest absolute Gasteiger partial charge is 0.159 e. The molecule has 4 heavy (non-hydrogen) atoms. The molecule has 0 bridgehead atoms. The zero-order chi connectivity index (χ0) is 3.58. The summed E-state index contributed by atoms with van der Waals surface area (Å²) >= 11 is 0. The first kappa shape index (κ1) is 4.38. The van der Waals surface area contributed by atoms with Gasteiger partial charge in [0.25, 0.3) is 0 Å². The average molecular weight is 97.1 g/mol. The fourth-order valence-corrected chi connectivity index (χ4v) is 0. The first-order valence-electron chi connectivity index (χ1n) is 0.589. The summed E-state index contributed by atoms with van der Waals surface area (Å²) in [5, 5.41) is 0. The second-order valence-corrected chi connectivity index (χ2v) is 1.87.